The highest BCUT2D eigenvalue weighted by molar-refractivity contribution is 7.75. The van der Waals surface area contributed by atoms with Crippen LogP contribution in [0, 0.1) is 6.92 Å². The third-order valence-corrected chi connectivity index (χ3v) is 2.37. The van der Waals surface area contributed by atoms with Gasteiger partial charge in [0.15, 0.2) is 0 Å². The molecule has 3 nitrogen and oxygen atoms in total. The van der Waals surface area contributed by atoms with Crippen LogP contribution in [0.2, 0.25) is 0 Å². The zero-order valence-electron chi connectivity index (χ0n) is 7.53. The van der Waals surface area contributed by atoms with Crippen LogP contribution in [-0.4, -0.2) is 10.3 Å². The molecule has 0 aliphatic carbocycles. The third-order valence-electron chi connectivity index (χ3n) is 2.29. The highest BCUT2D eigenvalue weighted by Gasteiger charge is 2.16. The number of hydrogen-bond acceptors (Lipinski definition) is 3. The molecule has 1 aromatic heterocycles. The van der Waals surface area contributed by atoms with Crippen LogP contribution >= 0.6 is 12.9 Å². The van der Waals surface area contributed by atoms with Crippen LogP contribution in [0.4, 0.5) is 0 Å². The molecular formula is C9H12N2OS. The Balaban J connectivity index is 2.42. The average molecular weight is 196 g/mol. The molecule has 0 spiro atoms. The molecular weight excluding hydrogens is 184 g/mol. The summed E-state index contributed by atoms with van der Waals surface area (Å²) in [4.78, 5) is 0. The van der Waals surface area contributed by atoms with E-state index < -0.39 is 0 Å². The van der Waals surface area contributed by atoms with Crippen molar-refractivity contribution in [3.05, 3.63) is 23.5 Å². The van der Waals surface area contributed by atoms with Gasteiger partial charge in [-0.1, -0.05) is 5.16 Å². The minimum atomic E-state index is 0.976. The molecule has 0 bridgehead atoms. The van der Waals surface area contributed by atoms with Crippen molar-refractivity contribution >= 4 is 18.6 Å². The fraction of sp³-hybridized carbons (Fsp3) is 0.444. The predicted octanol–water partition coefficient (Wildman–Crippen LogP) is 2.16. The van der Waals surface area contributed by atoms with Crippen molar-refractivity contribution in [3.63, 3.8) is 0 Å². The molecule has 1 aliphatic heterocycles. The maximum Gasteiger partial charge on any atom is 0.105 e. The normalized spacial score (nSPS) is 18.8. The smallest absolute Gasteiger partial charge is 0.105 e. The van der Waals surface area contributed by atoms with E-state index in [9.17, 15) is 0 Å². The number of nitrogens with zero attached hydrogens (tertiary/aromatic N) is 2. The van der Waals surface area contributed by atoms with E-state index in [0.29, 0.717) is 0 Å². The number of hydrogen-bond donors (Lipinski definition) is 1. The molecule has 0 atom stereocenters. The summed E-state index contributed by atoms with van der Waals surface area (Å²) >= 11 is 3.63. The first-order chi connectivity index (χ1) is 6.31. The van der Waals surface area contributed by atoms with E-state index in [4.69, 9.17) is 0 Å². The first-order valence-corrected chi connectivity index (χ1v) is 4.72. The van der Waals surface area contributed by atoms with Gasteiger partial charge in [-0.3, -0.25) is 0 Å². The van der Waals surface area contributed by atoms with E-state index in [1.54, 1.807) is 0 Å². The minimum absolute atomic E-state index is 0.976. The Morgan fingerprint density at radius 2 is 2.46 bits per heavy atom. The van der Waals surface area contributed by atoms with E-state index >= 15 is 0 Å². The zero-order chi connectivity index (χ0) is 9.26. The molecule has 2 heterocycles. The molecule has 70 valence electrons. The molecule has 1 aliphatic rings. The lowest BCUT2D eigenvalue weighted by Gasteiger charge is -2.15. The molecule has 2 rings (SSSR count). The van der Waals surface area contributed by atoms with E-state index in [1.807, 2.05) is 0 Å². The molecule has 0 saturated heterocycles. The van der Waals surface area contributed by atoms with Gasteiger partial charge in [0, 0.05) is 12.7 Å². The predicted molar refractivity (Wildman–Crippen MR) is 55.0 cm³/mol. The first kappa shape index (κ1) is 8.69. The number of aromatic nitrogens is 1. The first-order valence-electron chi connectivity index (χ1n) is 4.36. The fourth-order valence-corrected chi connectivity index (χ4v) is 1.87. The van der Waals surface area contributed by atoms with Crippen molar-refractivity contribution in [2.45, 2.75) is 26.3 Å². The summed E-state index contributed by atoms with van der Waals surface area (Å²) in [5.74, 6) is 0. The highest BCUT2D eigenvalue weighted by atomic mass is 32.1. The lowest BCUT2D eigenvalue weighted by Crippen LogP contribution is -2.16. The Hall–Kier alpha value is -0.900. The second kappa shape index (κ2) is 3.46. The Morgan fingerprint density at radius 3 is 3.23 bits per heavy atom. The van der Waals surface area contributed by atoms with Gasteiger partial charge in [0.25, 0.3) is 0 Å². The number of rotatable bonds is 1. The molecule has 0 unspecified atom stereocenters. The summed E-state index contributed by atoms with van der Waals surface area (Å²) in [6.07, 6.45) is 4.24. The summed E-state index contributed by atoms with van der Waals surface area (Å²) in [6.45, 7) is 3.17. The van der Waals surface area contributed by atoms with Gasteiger partial charge in [0.05, 0.1) is 18.6 Å². The van der Waals surface area contributed by atoms with E-state index in [2.05, 4.69) is 46.1 Å². The molecule has 0 saturated carbocycles. The van der Waals surface area contributed by atoms with Crippen molar-refractivity contribution < 1.29 is 4.28 Å². The van der Waals surface area contributed by atoms with Gasteiger partial charge < -0.3 is 8.85 Å². The Labute approximate surface area is 83.0 Å². The molecule has 4 heteroatoms. The van der Waals surface area contributed by atoms with Crippen LogP contribution in [0.5, 0.6) is 0 Å². The van der Waals surface area contributed by atoms with Crippen LogP contribution in [-0.2, 0) is 10.8 Å². The summed E-state index contributed by atoms with van der Waals surface area (Å²) in [5.41, 5.74) is 3.43. The largest absolute Gasteiger partial charge is 0.346 e. The fourth-order valence-electron chi connectivity index (χ4n) is 1.77. The van der Waals surface area contributed by atoms with Crippen LogP contribution in [0.3, 0.4) is 0 Å². The number of aryl methyl sites for hydroxylation is 2. The van der Waals surface area contributed by atoms with Gasteiger partial charge in [0.1, 0.15) is 5.71 Å². The lowest BCUT2D eigenvalue weighted by atomic mass is 10.1. The van der Waals surface area contributed by atoms with Gasteiger partial charge in [0.2, 0.25) is 0 Å². The maximum absolute atomic E-state index is 4.52. The molecule has 13 heavy (non-hydrogen) atoms. The maximum atomic E-state index is 4.52. The van der Waals surface area contributed by atoms with Crippen molar-refractivity contribution in [2.75, 3.05) is 0 Å². The van der Waals surface area contributed by atoms with E-state index in [-0.39, 0.29) is 0 Å². The van der Waals surface area contributed by atoms with Crippen molar-refractivity contribution in [2.24, 2.45) is 5.16 Å². The number of thiol groups is 1. The topological polar surface area (TPSA) is 26.5 Å². The van der Waals surface area contributed by atoms with Crippen LogP contribution in [0.1, 0.15) is 24.1 Å². The van der Waals surface area contributed by atoms with Gasteiger partial charge in [-0.15, -0.1) is 0 Å². The Bertz CT molecular complexity index is 343. The standard InChI is InChI=1S/C9H12N2OS/c1-7-5-9-8(10-12-13)3-2-4-11(9)6-7/h5-6,13H,2-4H2,1H3/b10-8-. The second-order valence-corrected chi connectivity index (χ2v) is 3.48. The van der Waals surface area contributed by atoms with Crippen molar-refractivity contribution in [1.82, 2.24) is 4.57 Å². The SMILES string of the molecule is Cc1cc2n(c1)CCC/C2=N/OS. The summed E-state index contributed by atoms with van der Waals surface area (Å²) in [5, 5.41) is 3.90. The Kier molecular flexibility index (Phi) is 2.31. The van der Waals surface area contributed by atoms with Crippen molar-refractivity contribution in [1.29, 1.82) is 0 Å². The Morgan fingerprint density at radius 1 is 1.62 bits per heavy atom. The van der Waals surface area contributed by atoms with Crippen LogP contribution in [0.25, 0.3) is 0 Å². The number of fused-ring (bicyclic) bond motifs is 1. The number of oxime groups is 1. The molecule has 0 fully saturated rings. The molecule has 0 N–H and O–H groups in total. The average Bonchev–Trinajstić information content (AvgIpc) is 2.47. The molecule has 0 amide bonds. The van der Waals surface area contributed by atoms with Crippen molar-refractivity contribution in [3.8, 4) is 0 Å². The summed E-state index contributed by atoms with van der Waals surface area (Å²) in [6, 6.07) is 2.13. The zero-order valence-corrected chi connectivity index (χ0v) is 8.42. The summed E-state index contributed by atoms with van der Waals surface area (Å²) < 4.78 is 6.73. The monoisotopic (exact) mass is 196 g/mol. The molecule has 0 aromatic carbocycles. The summed E-state index contributed by atoms with van der Waals surface area (Å²) in [7, 11) is 0. The molecule has 1 aromatic rings. The van der Waals surface area contributed by atoms with Crippen LogP contribution in [0.15, 0.2) is 17.4 Å². The van der Waals surface area contributed by atoms with E-state index in [1.165, 1.54) is 5.56 Å². The quantitative estimate of drug-likeness (QED) is 0.416. The highest BCUT2D eigenvalue weighted by Crippen LogP contribution is 2.18. The van der Waals surface area contributed by atoms with E-state index in [0.717, 1.165) is 30.8 Å². The van der Waals surface area contributed by atoms with Gasteiger partial charge in [-0.25, -0.2) is 0 Å². The lowest BCUT2D eigenvalue weighted by molar-refractivity contribution is 0.409. The second-order valence-electron chi connectivity index (χ2n) is 3.32. The molecule has 0 radical (unpaired) electrons. The van der Waals surface area contributed by atoms with Gasteiger partial charge >= 0.3 is 0 Å². The van der Waals surface area contributed by atoms with Gasteiger partial charge in [-0.2, -0.15) is 0 Å². The van der Waals surface area contributed by atoms with Gasteiger partial charge in [-0.05, 0) is 31.4 Å². The van der Waals surface area contributed by atoms with Crippen LogP contribution < -0.4 is 0 Å². The third kappa shape index (κ3) is 1.58. The minimum Gasteiger partial charge on any atom is -0.346 e.